The fourth-order valence-corrected chi connectivity index (χ4v) is 3.68. The van der Waals surface area contributed by atoms with Crippen LogP contribution in [0.25, 0.3) is 10.8 Å². The predicted octanol–water partition coefficient (Wildman–Crippen LogP) is 4.46. The number of esters is 1. The molecule has 5 nitrogen and oxygen atoms in total. The molecule has 0 saturated heterocycles. The first-order valence-electron chi connectivity index (χ1n) is 9.17. The van der Waals surface area contributed by atoms with Crippen LogP contribution in [0, 0.1) is 0 Å². The molecule has 0 radical (unpaired) electrons. The van der Waals surface area contributed by atoms with Crippen molar-refractivity contribution in [3.8, 4) is 5.75 Å². The fourth-order valence-electron chi connectivity index (χ4n) is 3.68. The highest BCUT2D eigenvalue weighted by molar-refractivity contribution is 6.14. The first-order chi connectivity index (χ1) is 13.5. The highest BCUT2D eigenvalue weighted by Gasteiger charge is 2.33. The number of carbonyl (C=O) groups is 2. The maximum absolute atomic E-state index is 12.3. The summed E-state index contributed by atoms with van der Waals surface area (Å²) in [7, 11) is 0. The summed E-state index contributed by atoms with van der Waals surface area (Å²) in [4.78, 5) is 23.9. The monoisotopic (exact) mass is 372 g/mol. The van der Waals surface area contributed by atoms with E-state index in [1.807, 2.05) is 60.7 Å². The minimum Gasteiger partial charge on any atom is -0.426 e. The van der Waals surface area contributed by atoms with Crippen LogP contribution in [0.3, 0.4) is 0 Å². The maximum Gasteiger partial charge on any atom is 0.308 e. The number of hydrazone groups is 1. The third kappa shape index (κ3) is 3.27. The molecule has 0 saturated carbocycles. The van der Waals surface area contributed by atoms with Gasteiger partial charge >= 0.3 is 5.97 Å². The molecule has 0 N–H and O–H groups in total. The summed E-state index contributed by atoms with van der Waals surface area (Å²) in [6.45, 7) is 2.89. The van der Waals surface area contributed by atoms with E-state index >= 15 is 0 Å². The number of ether oxygens (including phenoxy) is 1. The summed E-state index contributed by atoms with van der Waals surface area (Å²) in [6, 6.07) is 21.3. The van der Waals surface area contributed by atoms with Crippen molar-refractivity contribution in [2.24, 2.45) is 5.10 Å². The minimum atomic E-state index is -0.391. The summed E-state index contributed by atoms with van der Waals surface area (Å²) < 4.78 is 5.48. The van der Waals surface area contributed by atoms with E-state index in [0.29, 0.717) is 12.2 Å². The van der Waals surface area contributed by atoms with E-state index in [1.165, 1.54) is 18.9 Å². The van der Waals surface area contributed by atoms with Gasteiger partial charge in [-0.2, -0.15) is 5.10 Å². The van der Waals surface area contributed by atoms with Crippen molar-refractivity contribution in [3.05, 3.63) is 77.9 Å². The number of amides is 1. The molecule has 1 atom stereocenters. The first kappa shape index (κ1) is 17.9. The Bertz CT molecular complexity index is 1090. The maximum atomic E-state index is 12.3. The number of carbonyl (C=O) groups excluding carboxylic acids is 2. The lowest BCUT2D eigenvalue weighted by Crippen LogP contribution is -2.24. The van der Waals surface area contributed by atoms with Crippen molar-refractivity contribution in [1.82, 2.24) is 5.01 Å². The van der Waals surface area contributed by atoms with Crippen LogP contribution in [0.5, 0.6) is 5.75 Å². The number of hydrogen-bond donors (Lipinski definition) is 0. The summed E-state index contributed by atoms with van der Waals surface area (Å²) >= 11 is 0. The van der Waals surface area contributed by atoms with Gasteiger partial charge in [0.25, 0.3) is 0 Å². The molecule has 1 aliphatic rings. The Morgan fingerprint density at radius 2 is 1.68 bits per heavy atom. The standard InChI is InChI=1S/C23H20N2O3/c1-15(26)25-21(18-9-4-3-5-10-18)14-20(24-25)23-19-11-7-6-8-17(19)12-13-22(23)28-16(2)27/h3-13,21H,14H2,1-2H3/t21-/m1/s1. The smallest absolute Gasteiger partial charge is 0.308 e. The lowest BCUT2D eigenvalue weighted by atomic mass is 9.94. The van der Waals surface area contributed by atoms with Gasteiger partial charge in [0.1, 0.15) is 5.75 Å². The van der Waals surface area contributed by atoms with E-state index < -0.39 is 5.97 Å². The SMILES string of the molecule is CC(=O)Oc1ccc2ccccc2c1C1=NN(C(C)=O)[C@@H](c2ccccc2)C1. The third-order valence-electron chi connectivity index (χ3n) is 4.85. The van der Waals surface area contributed by atoms with Gasteiger partial charge in [-0.15, -0.1) is 0 Å². The lowest BCUT2D eigenvalue weighted by molar-refractivity contribution is -0.132. The predicted molar refractivity (Wildman–Crippen MR) is 108 cm³/mol. The zero-order chi connectivity index (χ0) is 19.7. The van der Waals surface area contributed by atoms with Gasteiger partial charge in [-0.25, -0.2) is 5.01 Å². The van der Waals surface area contributed by atoms with Crippen molar-refractivity contribution in [1.29, 1.82) is 0 Å². The lowest BCUT2D eigenvalue weighted by Gasteiger charge is -2.20. The molecule has 0 spiro atoms. The molecule has 0 bridgehead atoms. The molecule has 0 unspecified atom stereocenters. The van der Waals surface area contributed by atoms with Gasteiger partial charge in [0.15, 0.2) is 0 Å². The van der Waals surface area contributed by atoms with Crippen LogP contribution in [-0.2, 0) is 9.59 Å². The Balaban J connectivity index is 1.86. The summed E-state index contributed by atoms with van der Waals surface area (Å²) in [6.07, 6.45) is 0.547. The molecule has 3 aromatic rings. The number of nitrogens with zero attached hydrogens (tertiary/aromatic N) is 2. The van der Waals surface area contributed by atoms with Gasteiger partial charge in [-0.3, -0.25) is 9.59 Å². The molecular weight excluding hydrogens is 352 g/mol. The topological polar surface area (TPSA) is 59.0 Å². The van der Waals surface area contributed by atoms with Gasteiger partial charge in [0, 0.05) is 25.8 Å². The third-order valence-corrected chi connectivity index (χ3v) is 4.85. The van der Waals surface area contributed by atoms with Crippen molar-refractivity contribution < 1.29 is 14.3 Å². The van der Waals surface area contributed by atoms with Crippen molar-refractivity contribution >= 4 is 28.4 Å². The molecule has 140 valence electrons. The van der Waals surface area contributed by atoms with Crippen LogP contribution in [0.15, 0.2) is 71.8 Å². The molecule has 0 aromatic heterocycles. The van der Waals surface area contributed by atoms with E-state index in [2.05, 4.69) is 5.10 Å². The molecule has 0 fully saturated rings. The summed E-state index contributed by atoms with van der Waals surface area (Å²) in [5.74, 6) is -0.0570. The Labute approximate surface area is 163 Å². The first-order valence-corrected chi connectivity index (χ1v) is 9.17. The summed E-state index contributed by atoms with van der Waals surface area (Å²) in [5, 5.41) is 8.12. The second-order valence-electron chi connectivity index (χ2n) is 6.79. The van der Waals surface area contributed by atoms with E-state index in [-0.39, 0.29) is 11.9 Å². The van der Waals surface area contributed by atoms with Crippen LogP contribution in [-0.4, -0.2) is 22.6 Å². The largest absolute Gasteiger partial charge is 0.426 e. The van der Waals surface area contributed by atoms with Crippen molar-refractivity contribution in [2.75, 3.05) is 0 Å². The molecule has 1 aliphatic heterocycles. The van der Waals surface area contributed by atoms with Crippen LogP contribution in [0.4, 0.5) is 0 Å². The number of hydrogen-bond acceptors (Lipinski definition) is 4. The quantitative estimate of drug-likeness (QED) is 0.504. The normalized spacial score (nSPS) is 16.1. The molecule has 1 amide bonds. The average molecular weight is 372 g/mol. The second-order valence-corrected chi connectivity index (χ2v) is 6.79. The number of rotatable bonds is 3. The Hall–Kier alpha value is -3.47. The van der Waals surface area contributed by atoms with Gasteiger partial charge in [-0.05, 0) is 22.4 Å². The molecule has 28 heavy (non-hydrogen) atoms. The molecule has 5 heteroatoms. The molecule has 1 heterocycles. The van der Waals surface area contributed by atoms with Crippen molar-refractivity contribution in [3.63, 3.8) is 0 Å². The van der Waals surface area contributed by atoms with Gasteiger partial charge in [-0.1, -0.05) is 60.7 Å². The van der Waals surface area contributed by atoms with Gasteiger partial charge in [0.2, 0.25) is 5.91 Å². The average Bonchev–Trinajstić information content (AvgIpc) is 3.13. The summed E-state index contributed by atoms with van der Waals surface area (Å²) in [5.41, 5.74) is 2.51. The zero-order valence-corrected chi connectivity index (χ0v) is 15.8. The van der Waals surface area contributed by atoms with Gasteiger partial charge < -0.3 is 4.74 Å². The van der Waals surface area contributed by atoms with Crippen LogP contribution >= 0.6 is 0 Å². The second kappa shape index (κ2) is 7.27. The van der Waals surface area contributed by atoms with E-state index in [4.69, 9.17) is 4.74 Å². The van der Waals surface area contributed by atoms with E-state index in [9.17, 15) is 9.59 Å². The van der Waals surface area contributed by atoms with Crippen LogP contribution in [0.2, 0.25) is 0 Å². The van der Waals surface area contributed by atoms with E-state index in [0.717, 1.165) is 27.6 Å². The Kier molecular flexibility index (Phi) is 4.65. The molecule has 0 aliphatic carbocycles. The Morgan fingerprint density at radius 3 is 2.39 bits per heavy atom. The fraction of sp³-hybridized carbons (Fsp3) is 0.174. The Morgan fingerprint density at radius 1 is 0.964 bits per heavy atom. The molecule has 3 aromatic carbocycles. The van der Waals surface area contributed by atoms with Crippen LogP contribution in [0.1, 0.15) is 37.4 Å². The van der Waals surface area contributed by atoms with Crippen LogP contribution < -0.4 is 4.74 Å². The highest BCUT2D eigenvalue weighted by Crippen LogP contribution is 2.37. The molecular formula is C23H20N2O3. The van der Waals surface area contributed by atoms with E-state index in [1.54, 1.807) is 6.07 Å². The highest BCUT2D eigenvalue weighted by atomic mass is 16.5. The molecule has 4 rings (SSSR count). The van der Waals surface area contributed by atoms with Gasteiger partial charge in [0.05, 0.1) is 11.8 Å². The number of benzene rings is 3. The minimum absolute atomic E-state index is 0.127. The zero-order valence-electron chi connectivity index (χ0n) is 15.8. The van der Waals surface area contributed by atoms with Crippen molar-refractivity contribution in [2.45, 2.75) is 26.3 Å². The number of fused-ring (bicyclic) bond motifs is 1.